The molecule has 1 aliphatic carbocycles. The molecule has 0 aromatic heterocycles. The summed E-state index contributed by atoms with van der Waals surface area (Å²) in [5, 5.41) is 3.87. The molecule has 2 nitrogen and oxygen atoms in total. The zero-order valence-electron chi connectivity index (χ0n) is 8.34. The Morgan fingerprint density at radius 1 is 1.33 bits per heavy atom. The Morgan fingerprint density at radius 2 is 2.13 bits per heavy atom. The first-order valence-corrected chi connectivity index (χ1v) is 4.73. The fourth-order valence-electron chi connectivity index (χ4n) is 1.83. The SMILES string of the molecule is CON=C1CCc2cc(C(F)F)ccc21. The van der Waals surface area contributed by atoms with Crippen molar-refractivity contribution in [1.29, 1.82) is 0 Å². The topological polar surface area (TPSA) is 21.6 Å². The van der Waals surface area contributed by atoms with Gasteiger partial charge in [0, 0.05) is 11.1 Å². The van der Waals surface area contributed by atoms with Crippen molar-refractivity contribution in [2.45, 2.75) is 19.3 Å². The lowest BCUT2D eigenvalue weighted by atomic mass is 10.1. The molecule has 1 aliphatic rings. The second-order valence-corrected chi connectivity index (χ2v) is 3.44. The van der Waals surface area contributed by atoms with Crippen LogP contribution in [0.4, 0.5) is 8.78 Å². The van der Waals surface area contributed by atoms with Crippen molar-refractivity contribution in [2.24, 2.45) is 5.16 Å². The Hall–Kier alpha value is -1.45. The molecule has 1 aromatic rings. The molecule has 0 fully saturated rings. The summed E-state index contributed by atoms with van der Waals surface area (Å²) in [7, 11) is 1.48. The van der Waals surface area contributed by atoms with Crippen LogP contribution >= 0.6 is 0 Å². The highest BCUT2D eigenvalue weighted by Crippen LogP contribution is 2.27. The Kier molecular flexibility index (Phi) is 2.66. The van der Waals surface area contributed by atoms with E-state index in [1.807, 2.05) is 0 Å². The zero-order chi connectivity index (χ0) is 10.8. The summed E-state index contributed by atoms with van der Waals surface area (Å²) < 4.78 is 24.9. The molecule has 0 aliphatic heterocycles. The monoisotopic (exact) mass is 211 g/mol. The summed E-state index contributed by atoms with van der Waals surface area (Å²) in [4.78, 5) is 4.70. The van der Waals surface area contributed by atoms with Gasteiger partial charge in [-0.1, -0.05) is 17.3 Å². The molecule has 0 saturated carbocycles. The highest BCUT2D eigenvalue weighted by atomic mass is 19.3. The number of oxime groups is 1. The van der Waals surface area contributed by atoms with E-state index in [-0.39, 0.29) is 5.56 Å². The number of hydrogen-bond acceptors (Lipinski definition) is 2. The standard InChI is InChI=1S/C11H11F2NO/c1-15-14-10-5-3-7-6-8(11(12)13)2-4-9(7)10/h2,4,6,11H,3,5H2,1H3. The number of nitrogens with zero attached hydrogens (tertiary/aromatic N) is 1. The van der Waals surface area contributed by atoms with Crippen molar-refractivity contribution >= 4 is 5.71 Å². The van der Waals surface area contributed by atoms with Crippen molar-refractivity contribution < 1.29 is 13.6 Å². The second-order valence-electron chi connectivity index (χ2n) is 3.44. The van der Waals surface area contributed by atoms with Gasteiger partial charge in [-0.2, -0.15) is 0 Å². The van der Waals surface area contributed by atoms with E-state index in [1.165, 1.54) is 13.2 Å². The average molecular weight is 211 g/mol. The van der Waals surface area contributed by atoms with Crippen LogP contribution in [0.5, 0.6) is 0 Å². The third kappa shape index (κ3) is 1.84. The molecule has 2 rings (SSSR count). The minimum absolute atomic E-state index is 0.0763. The predicted molar refractivity (Wildman–Crippen MR) is 53.3 cm³/mol. The van der Waals surface area contributed by atoms with Gasteiger partial charge in [0.2, 0.25) is 0 Å². The zero-order valence-corrected chi connectivity index (χ0v) is 8.34. The Morgan fingerprint density at radius 3 is 2.80 bits per heavy atom. The lowest BCUT2D eigenvalue weighted by molar-refractivity contribution is 0.151. The molecule has 0 amide bonds. The van der Waals surface area contributed by atoms with Crippen LogP contribution in [0, 0.1) is 0 Å². The summed E-state index contributed by atoms with van der Waals surface area (Å²) in [5.74, 6) is 0. The van der Waals surface area contributed by atoms with Gasteiger partial charge >= 0.3 is 0 Å². The Labute approximate surface area is 86.5 Å². The molecule has 0 N–H and O–H groups in total. The normalized spacial score (nSPS) is 17.2. The van der Waals surface area contributed by atoms with E-state index in [0.29, 0.717) is 0 Å². The molecule has 0 radical (unpaired) electrons. The van der Waals surface area contributed by atoms with Crippen molar-refractivity contribution in [3.63, 3.8) is 0 Å². The first-order valence-electron chi connectivity index (χ1n) is 4.73. The smallest absolute Gasteiger partial charge is 0.263 e. The van der Waals surface area contributed by atoms with Crippen LogP contribution < -0.4 is 0 Å². The highest BCUT2D eigenvalue weighted by molar-refractivity contribution is 6.04. The molecule has 4 heteroatoms. The molecule has 0 heterocycles. The van der Waals surface area contributed by atoms with E-state index in [1.54, 1.807) is 12.1 Å². The molecule has 0 spiro atoms. The van der Waals surface area contributed by atoms with Gasteiger partial charge in [0.25, 0.3) is 6.43 Å². The van der Waals surface area contributed by atoms with E-state index >= 15 is 0 Å². The maximum absolute atomic E-state index is 12.4. The van der Waals surface area contributed by atoms with E-state index in [9.17, 15) is 8.78 Å². The van der Waals surface area contributed by atoms with Gasteiger partial charge in [0.15, 0.2) is 0 Å². The van der Waals surface area contributed by atoms with Crippen molar-refractivity contribution in [1.82, 2.24) is 0 Å². The van der Waals surface area contributed by atoms with Crippen LogP contribution in [-0.2, 0) is 11.3 Å². The van der Waals surface area contributed by atoms with Crippen molar-refractivity contribution in [3.05, 3.63) is 34.9 Å². The van der Waals surface area contributed by atoms with Crippen LogP contribution in [0.15, 0.2) is 23.4 Å². The second kappa shape index (κ2) is 3.96. The van der Waals surface area contributed by atoms with Gasteiger partial charge in [-0.05, 0) is 24.5 Å². The van der Waals surface area contributed by atoms with Crippen LogP contribution in [0.25, 0.3) is 0 Å². The van der Waals surface area contributed by atoms with Gasteiger partial charge in [0.05, 0.1) is 5.71 Å². The number of alkyl halides is 2. The van der Waals surface area contributed by atoms with Crippen LogP contribution in [0.3, 0.4) is 0 Å². The molecule has 0 saturated heterocycles. The van der Waals surface area contributed by atoms with Gasteiger partial charge in [-0.15, -0.1) is 0 Å². The number of benzene rings is 1. The van der Waals surface area contributed by atoms with Gasteiger partial charge < -0.3 is 4.84 Å². The fourth-order valence-corrected chi connectivity index (χ4v) is 1.83. The molecule has 0 bridgehead atoms. The quantitative estimate of drug-likeness (QED) is 0.689. The lowest BCUT2D eigenvalue weighted by Gasteiger charge is -2.03. The predicted octanol–water partition coefficient (Wildman–Crippen LogP) is 2.92. The summed E-state index contributed by atoms with van der Waals surface area (Å²) in [6.45, 7) is 0. The van der Waals surface area contributed by atoms with E-state index in [2.05, 4.69) is 5.16 Å². The third-order valence-electron chi connectivity index (χ3n) is 2.52. The van der Waals surface area contributed by atoms with Crippen LogP contribution in [0.2, 0.25) is 0 Å². The number of halogens is 2. The molecule has 0 unspecified atom stereocenters. The molecule has 1 aromatic carbocycles. The summed E-state index contributed by atoms with van der Waals surface area (Å²) in [6.07, 6.45) is -0.882. The number of aryl methyl sites for hydroxylation is 1. The number of hydrogen-bond donors (Lipinski definition) is 0. The maximum Gasteiger partial charge on any atom is 0.263 e. The molecule has 80 valence electrons. The van der Waals surface area contributed by atoms with Gasteiger partial charge in [-0.25, -0.2) is 8.78 Å². The molecular formula is C11H11F2NO. The van der Waals surface area contributed by atoms with Crippen molar-refractivity contribution in [2.75, 3.05) is 7.11 Å². The minimum Gasteiger partial charge on any atom is -0.399 e. The lowest BCUT2D eigenvalue weighted by Crippen LogP contribution is -1.95. The van der Waals surface area contributed by atoms with Crippen LogP contribution in [-0.4, -0.2) is 12.8 Å². The number of fused-ring (bicyclic) bond motifs is 1. The fraction of sp³-hybridized carbons (Fsp3) is 0.364. The molecule has 15 heavy (non-hydrogen) atoms. The first kappa shape index (κ1) is 10.1. The number of rotatable bonds is 2. The largest absolute Gasteiger partial charge is 0.399 e. The van der Waals surface area contributed by atoms with Crippen LogP contribution in [0.1, 0.15) is 29.5 Å². The Bertz CT molecular complexity index is 402. The maximum atomic E-state index is 12.4. The van der Waals surface area contributed by atoms with Gasteiger partial charge in [-0.3, -0.25) is 0 Å². The minimum atomic E-state index is -2.40. The Balaban J connectivity index is 2.38. The summed E-state index contributed by atoms with van der Waals surface area (Å²) in [5.41, 5.74) is 2.78. The van der Waals surface area contributed by atoms with E-state index < -0.39 is 6.43 Å². The van der Waals surface area contributed by atoms with Crippen molar-refractivity contribution in [3.8, 4) is 0 Å². The van der Waals surface area contributed by atoms with E-state index in [0.717, 1.165) is 29.7 Å². The first-order chi connectivity index (χ1) is 7.22. The summed E-state index contributed by atoms with van der Waals surface area (Å²) >= 11 is 0. The highest BCUT2D eigenvalue weighted by Gasteiger charge is 2.20. The van der Waals surface area contributed by atoms with Gasteiger partial charge in [0.1, 0.15) is 7.11 Å². The summed E-state index contributed by atoms with van der Waals surface area (Å²) in [6, 6.07) is 4.69. The third-order valence-corrected chi connectivity index (χ3v) is 2.52. The van der Waals surface area contributed by atoms with E-state index in [4.69, 9.17) is 4.84 Å². The molecular weight excluding hydrogens is 200 g/mol. The average Bonchev–Trinajstić information content (AvgIpc) is 2.61. The molecule has 0 atom stereocenters.